The SMILES string of the molecule is CNc1nc(N)nc2c1n(C)c(=O)n2C1COC(C)C1. The molecule has 1 fully saturated rings. The summed E-state index contributed by atoms with van der Waals surface area (Å²) >= 11 is 0. The number of imidazole rings is 1. The lowest BCUT2D eigenvalue weighted by Crippen LogP contribution is -2.26. The molecule has 108 valence electrons. The van der Waals surface area contributed by atoms with Crippen LogP contribution in [-0.4, -0.2) is 38.9 Å². The largest absolute Gasteiger partial charge is 0.376 e. The van der Waals surface area contributed by atoms with Crippen molar-refractivity contribution >= 4 is 22.9 Å². The molecule has 2 atom stereocenters. The van der Waals surface area contributed by atoms with E-state index in [1.165, 1.54) is 0 Å². The summed E-state index contributed by atoms with van der Waals surface area (Å²) in [5.41, 5.74) is 6.82. The first-order valence-corrected chi connectivity index (χ1v) is 6.56. The van der Waals surface area contributed by atoms with Crippen LogP contribution in [0, 0.1) is 0 Å². The van der Waals surface area contributed by atoms with E-state index in [1.54, 1.807) is 23.2 Å². The van der Waals surface area contributed by atoms with E-state index in [9.17, 15) is 4.79 Å². The van der Waals surface area contributed by atoms with Crippen molar-refractivity contribution in [1.82, 2.24) is 19.1 Å². The molecule has 3 rings (SSSR count). The van der Waals surface area contributed by atoms with Crippen molar-refractivity contribution in [3.05, 3.63) is 10.5 Å². The maximum atomic E-state index is 12.5. The third kappa shape index (κ3) is 1.75. The van der Waals surface area contributed by atoms with Crippen molar-refractivity contribution in [2.75, 3.05) is 24.7 Å². The molecule has 0 spiro atoms. The third-order valence-corrected chi connectivity index (χ3v) is 3.72. The summed E-state index contributed by atoms with van der Waals surface area (Å²) in [6, 6.07) is -0.0137. The molecular formula is C12H18N6O2. The molecule has 1 aliphatic heterocycles. The van der Waals surface area contributed by atoms with E-state index in [4.69, 9.17) is 10.5 Å². The molecule has 0 aliphatic carbocycles. The molecule has 8 nitrogen and oxygen atoms in total. The van der Waals surface area contributed by atoms with E-state index in [2.05, 4.69) is 15.3 Å². The summed E-state index contributed by atoms with van der Waals surface area (Å²) in [6.45, 7) is 2.51. The van der Waals surface area contributed by atoms with E-state index in [0.29, 0.717) is 23.6 Å². The number of nitrogens with zero attached hydrogens (tertiary/aromatic N) is 4. The van der Waals surface area contributed by atoms with Crippen LogP contribution in [-0.2, 0) is 11.8 Å². The van der Waals surface area contributed by atoms with Crippen molar-refractivity contribution < 1.29 is 4.74 Å². The van der Waals surface area contributed by atoms with E-state index < -0.39 is 0 Å². The molecule has 20 heavy (non-hydrogen) atoms. The van der Waals surface area contributed by atoms with Gasteiger partial charge in [0.15, 0.2) is 11.5 Å². The van der Waals surface area contributed by atoms with E-state index in [1.807, 2.05) is 6.92 Å². The van der Waals surface area contributed by atoms with Gasteiger partial charge in [0, 0.05) is 14.1 Å². The summed E-state index contributed by atoms with van der Waals surface area (Å²) in [6.07, 6.45) is 0.933. The lowest BCUT2D eigenvalue weighted by Gasteiger charge is -2.09. The highest BCUT2D eigenvalue weighted by Crippen LogP contribution is 2.28. The maximum absolute atomic E-state index is 12.5. The summed E-state index contributed by atoms with van der Waals surface area (Å²) in [5, 5.41) is 2.96. The number of nitrogens with one attached hydrogen (secondary N) is 1. The Morgan fingerprint density at radius 3 is 2.80 bits per heavy atom. The first-order valence-electron chi connectivity index (χ1n) is 6.56. The molecule has 0 bridgehead atoms. The monoisotopic (exact) mass is 278 g/mol. The summed E-state index contributed by atoms with van der Waals surface area (Å²) in [5.74, 6) is 0.700. The number of fused-ring (bicyclic) bond motifs is 1. The van der Waals surface area contributed by atoms with Crippen LogP contribution < -0.4 is 16.7 Å². The van der Waals surface area contributed by atoms with Gasteiger partial charge < -0.3 is 15.8 Å². The Labute approximate surface area is 115 Å². The number of ether oxygens (including phenoxy) is 1. The topological polar surface area (TPSA) is 100.0 Å². The van der Waals surface area contributed by atoms with Crippen LogP contribution in [0.3, 0.4) is 0 Å². The second-order valence-corrected chi connectivity index (χ2v) is 5.10. The van der Waals surface area contributed by atoms with Crippen LogP contribution in [0.4, 0.5) is 11.8 Å². The van der Waals surface area contributed by atoms with Crippen molar-refractivity contribution in [2.45, 2.75) is 25.5 Å². The molecule has 2 aromatic heterocycles. The second-order valence-electron chi connectivity index (χ2n) is 5.10. The number of nitrogens with two attached hydrogens (primary N) is 1. The van der Waals surface area contributed by atoms with Gasteiger partial charge in [-0.3, -0.25) is 9.13 Å². The van der Waals surface area contributed by atoms with Crippen molar-refractivity contribution in [3.8, 4) is 0 Å². The standard InChI is InChI=1S/C12H18N6O2/c1-6-4-7(5-20-6)18-10-8(17(3)12(18)19)9(14-2)15-11(13)16-10/h6-7H,4-5H2,1-3H3,(H3,13,14,15,16). The van der Waals surface area contributed by atoms with Crippen LogP contribution >= 0.6 is 0 Å². The van der Waals surface area contributed by atoms with Gasteiger partial charge in [-0.2, -0.15) is 9.97 Å². The zero-order valence-electron chi connectivity index (χ0n) is 11.8. The predicted octanol–water partition coefficient (Wildman–Crippen LogP) is 0.104. The van der Waals surface area contributed by atoms with Crippen LogP contribution in [0.2, 0.25) is 0 Å². The Morgan fingerprint density at radius 1 is 1.45 bits per heavy atom. The molecule has 1 aliphatic rings. The summed E-state index contributed by atoms with van der Waals surface area (Å²) in [4.78, 5) is 20.9. The smallest absolute Gasteiger partial charge is 0.330 e. The van der Waals surface area contributed by atoms with Gasteiger partial charge in [-0.15, -0.1) is 0 Å². The molecular weight excluding hydrogens is 260 g/mol. The minimum Gasteiger partial charge on any atom is -0.376 e. The zero-order valence-corrected chi connectivity index (χ0v) is 11.8. The Kier molecular flexibility index (Phi) is 2.89. The first kappa shape index (κ1) is 12.9. The first-order chi connectivity index (χ1) is 9.52. The number of hydrogen-bond donors (Lipinski definition) is 2. The number of nitrogen functional groups attached to an aromatic ring is 1. The van der Waals surface area contributed by atoms with Crippen molar-refractivity contribution in [1.29, 1.82) is 0 Å². The van der Waals surface area contributed by atoms with Crippen LogP contribution in [0.5, 0.6) is 0 Å². The fourth-order valence-corrected chi connectivity index (χ4v) is 2.76. The van der Waals surface area contributed by atoms with Crippen molar-refractivity contribution in [2.24, 2.45) is 7.05 Å². The predicted molar refractivity (Wildman–Crippen MR) is 75.8 cm³/mol. The van der Waals surface area contributed by atoms with Crippen molar-refractivity contribution in [3.63, 3.8) is 0 Å². The quantitative estimate of drug-likeness (QED) is 0.808. The van der Waals surface area contributed by atoms with Gasteiger partial charge in [-0.05, 0) is 13.3 Å². The third-order valence-electron chi connectivity index (χ3n) is 3.72. The summed E-state index contributed by atoms with van der Waals surface area (Å²) in [7, 11) is 3.45. The molecule has 0 saturated carbocycles. The minimum atomic E-state index is -0.126. The van der Waals surface area contributed by atoms with Gasteiger partial charge in [-0.1, -0.05) is 0 Å². The van der Waals surface area contributed by atoms with Crippen LogP contribution in [0.15, 0.2) is 4.79 Å². The second kappa shape index (κ2) is 4.48. The number of anilines is 2. The number of hydrogen-bond acceptors (Lipinski definition) is 6. The molecule has 8 heteroatoms. The lowest BCUT2D eigenvalue weighted by atomic mass is 10.2. The highest BCUT2D eigenvalue weighted by molar-refractivity contribution is 5.84. The Hall–Kier alpha value is -2.09. The summed E-state index contributed by atoms with van der Waals surface area (Å²) < 4.78 is 8.77. The van der Waals surface area contributed by atoms with Gasteiger partial charge >= 0.3 is 5.69 Å². The normalized spacial score (nSPS) is 22.6. The molecule has 3 heterocycles. The Balaban J connectivity index is 2.29. The number of aryl methyl sites for hydroxylation is 1. The molecule has 0 amide bonds. The molecule has 0 aromatic carbocycles. The molecule has 1 saturated heterocycles. The highest BCUT2D eigenvalue weighted by Gasteiger charge is 2.29. The highest BCUT2D eigenvalue weighted by atomic mass is 16.5. The zero-order chi connectivity index (χ0) is 14.4. The Bertz CT molecular complexity index is 719. The van der Waals surface area contributed by atoms with Gasteiger partial charge in [0.1, 0.15) is 5.52 Å². The number of rotatable bonds is 2. The van der Waals surface area contributed by atoms with Crippen LogP contribution in [0.25, 0.3) is 11.2 Å². The van der Waals surface area contributed by atoms with E-state index in [-0.39, 0.29) is 23.8 Å². The average Bonchev–Trinajstić information content (AvgIpc) is 2.92. The average molecular weight is 278 g/mol. The number of aromatic nitrogens is 4. The maximum Gasteiger partial charge on any atom is 0.330 e. The fraction of sp³-hybridized carbons (Fsp3) is 0.583. The van der Waals surface area contributed by atoms with E-state index in [0.717, 1.165) is 6.42 Å². The van der Waals surface area contributed by atoms with Gasteiger partial charge in [0.2, 0.25) is 5.95 Å². The molecule has 0 radical (unpaired) electrons. The minimum absolute atomic E-state index is 0.0137. The Morgan fingerprint density at radius 2 is 2.20 bits per heavy atom. The van der Waals surface area contributed by atoms with Gasteiger partial charge in [0.25, 0.3) is 0 Å². The fourth-order valence-electron chi connectivity index (χ4n) is 2.76. The lowest BCUT2D eigenvalue weighted by molar-refractivity contribution is 0.120. The molecule has 2 unspecified atom stereocenters. The molecule has 3 N–H and O–H groups in total. The van der Waals surface area contributed by atoms with E-state index >= 15 is 0 Å². The van der Waals surface area contributed by atoms with Gasteiger partial charge in [-0.25, -0.2) is 4.79 Å². The van der Waals surface area contributed by atoms with Gasteiger partial charge in [0.05, 0.1) is 18.8 Å². The molecule has 2 aromatic rings. The van der Waals surface area contributed by atoms with Crippen LogP contribution in [0.1, 0.15) is 19.4 Å².